The van der Waals surface area contributed by atoms with Crippen molar-refractivity contribution < 1.29 is 0 Å². The van der Waals surface area contributed by atoms with Crippen LogP contribution in [0.2, 0.25) is 0 Å². The van der Waals surface area contributed by atoms with E-state index in [2.05, 4.69) is 363 Å². The molecule has 12 aliphatic rings. The summed E-state index contributed by atoms with van der Waals surface area (Å²) in [5.74, 6) is 6.59. The molecule has 0 fully saturated rings. The van der Waals surface area contributed by atoms with E-state index < -0.39 is 0 Å². The van der Waals surface area contributed by atoms with Gasteiger partial charge in [-0.3, -0.25) is 0 Å². The van der Waals surface area contributed by atoms with Gasteiger partial charge in [0.25, 0.3) is 0 Å². The third kappa shape index (κ3) is 18.7. The van der Waals surface area contributed by atoms with E-state index in [1.54, 1.807) is 50.1 Å². The van der Waals surface area contributed by atoms with Gasteiger partial charge in [-0.15, -0.1) is 0 Å². The van der Waals surface area contributed by atoms with E-state index in [0.717, 1.165) is 24.2 Å². The van der Waals surface area contributed by atoms with Crippen molar-refractivity contribution in [2.75, 3.05) is 0 Å². The maximum absolute atomic E-state index is 2.63. The Morgan fingerprint density at radius 2 is 0.650 bits per heavy atom. The molecule has 8 atom stereocenters. The quantitative estimate of drug-likeness (QED) is 0.0629. The van der Waals surface area contributed by atoms with Crippen LogP contribution in [0.1, 0.15) is 350 Å². The molecule has 0 saturated heterocycles. The number of fused-ring (bicyclic) bond motifs is 18. The Morgan fingerprint density at radius 1 is 0.292 bits per heavy atom. The van der Waals surface area contributed by atoms with E-state index in [9.17, 15) is 0 Å². The van der Waals surface area contributed by atoms with Crippen LogP contribution in [-0.2, 0) is 32.1 Å². The number of allylic oxidation sites excluding steroid dienone is 6. The summed E-state index contributed by atoms with van der Waals surface area (Å²) < 4.78 is 0. The molecule has 0 aromatic heterocycles. The lowest BCUT2D eigenvalue weighted by atomic mass is 9.77. The van der Waals surface area contributed by atoms with Crippen LogP contribution in [0.5, 0.6) is 0 Å². The Balaban J connectivity index is 0.000000106. The van der Waals surface area contributed by atoms with Crippen LogP contribution >= 0.6 is 0 Å². The average molecular weight is 1800 g/mol. The molecule has 0 saturated carbocycles. The zero-order valence-electron chi connectivity index (χ0n) is 87.0. The summed E-state index contributed by atoms with van der Waals surface area (Å²) in [7, 11) is 0. The zero-order valence-corrected chi connectivity index (χ0v) is 87.0. The Kier molecular flexibility index (Phi) is 28.1. The summed E-state index contributed by atoms with van der Waals surface area (Å²) in [6.07, 6.45) is 49.3. The van der Waals surface area contributed by atoms with E-state index in [1.165, 1.54) is 359 Å². The summed E-state index contributed by atoms with van der Waals surface area (Å²) >= 11 is 0. The first kappa shape index (κ1) is 95.0. The molecule has 12 aliphatic carbocycles. The van der Waals surface area contributed by atoms with Crippen molar-refractivity contribution in [1.29, 1.82) is 0 Å². The minimum Gasteiger partial charge on any atom is -0.0830 e. The minimum atomic E-state index is 0.592. The van der Waals surface area contributed by atoms with Gasteiger partial charge in [0.2, 0.25) is 0 Å². The molecule has 0 bridgehead atoms. The number of benzene rings is 12. The lowest BCUT2D eigenvalue weighted by molar-refractivity contribution is 0.369. The van der Waals surface area contributed by atoms with Crippen molar-refractivity contribution in [2.24, 2.45) is 47.3 Å². The van der Waals surface area contributed by atoms with Crippen molar-refractivity contribution in [3.63, 3.8) is 0 Å². The Bertz CT molecular complexity index is 6880. The Hall–Kier alpha value is -10.9. The molecule has 8 unspecified atom stereocenters. The molecular weight excluding hydrogens is 1650 g/mol. The number of rotatable bonds is 21. The molecule has 0 nitrogen and oxygen atoms in total. The Labute approximate surface area is 826 Å². The number of aryl methyl sites for hydroxylation is 12. The average Bonchev–Trinajstić information content (AvgIpc) is 1.60. The van der Waals surface area contributed by atoms with Gasteiger partial charge in [0.15, 0.2) is 0 Å². The largest absolute Gasteiger partial charge is 0.0830 e. The highest BCUT2D eigenvalue weighted by molar-refractivity contribution is 6.08. The van der Waals surface area contributed by atoms with Gasteiger partial charge in [0, 0.05) is 5.92 Å². The number of hydrogen-bond acceptors (Lipinski definition) is 0. The molecule has 0 radical (unpaired) electrons. The number of hydrogen-bond donors (Lipinski definition) is 0. The monoisotopic (exact) mass is 1800 g/mol. The second kappa shape index (κ2) is 40.5. The summed E-state index contributed by atoms with van der Waals surface area (Å²) in [6.45, 7) is 45.6. The predicted molar refractivity (Wildman–Crippen MR) is 594 cm³/mol. The van der Waals surface area contributed by atoms with Crippen molar-refractivity contribution in [3.8, 4) is 66.8 Å². The van der Waals surface area contributed by atoms with Gasteiger partial charge in [-0.05, 0) is 423 Å². The van der Waals surface area contributed by atoms with Crippen molar-refractivity contribution in [3.05, 3.63) is 385 Å². The number of unbranched alkanes of at least 4 members (excludes halogenated alkanes) is 6. The molecule has 137 heavy (non-hydrogen) atoms. The first-order valence-electron chi connectivity index (χ1n) is 54.0. The minimum absolute atomic E-state index is 0.592. The third-order valence-electron chi connectivity index (χ3n) is 33.8. The highest BCUT2D eigenvalue weighted by Gasteiger charge is 2.39. The van der Waals surface area contributed by atoms with E-state index in [4.69, 9.17) is 0 Å². The Morgan fingerprint density at radius 3 is 1.08 bits per heavy atom. The molecule has 702 valence electrons. The fraction of sp³-hybridized carbons (Fsp3) is 0.387. The maximum atomic E-state index is 2.63. The molecule has 12 aromatic carbocycles. The van der Waals surface area contributed by atoms with Crippen molar-refractivity contribution >= 4 is 33.9 Å². The first-order valence-corrected chi connectivity index (χ1v) is 54.0. The molecule has 24 rings (SSSR count). The molecule has 0 amide bonds. The van der Waals surface area contributed by atoms with E-state index in [-0.39, 0.29) is 0 Å². The van der Waals surface area contributed by atoms with Crippen LogP contribution in [0.3, 0.4) is 0 Å². The molecular formula is C137H154. The van der Waals surface area contributed by atoms with Gasteiger partial charge in [-0.1, -0.05) is 403 Å². The fourth-order valence-electron chi connectivity index (χ4n) is 26.2. The van der Waals surface area contributed by atoms with Gasteiger partial charge >= 0.3 is 0 Å². The van der Waals surface area contributed by atoms with E-state index in [0.29, 0.717) is 35.5 Å². The summed E-state index contributed by atoms with van der Waals surface area (Å²) in [4.78, 5) is 0. The molecule has 0 aliphatic heterocycles. The fourth-order valence-corrected chi connectivity index (χ4v) is 26.2. The van der Waals surface area contributed by atoms with Gasteiger partial charge < -0.3 is 0 Å². The third-order valence-corrected chi connectivity index (χ3v) is 33.8. The van der Waals surface area contributed by atoms with Crippen LogP contribution in [0.15, 0.2) is 218 Å². The van der Waals surface area contributed by atoms with Gasteiger partial charge in [0.05, 0.1) is 0 Å². The second-order valence-corrected chi connectivity index (χ2v) is 44.8. The van der Waals surface area contributed by atoms with Crippen molar-refractivity contribution in [2.45, 2.75) is 298 Å². The van der Waals surface area contributed by atoms with Gasteiger partial charge in [-0.25, -0.2) is 0 Å². The molecule has 0 spiro atoms. The standard InChI is InChI=1S/C28H36.2C26H32.C20H20.C19H18.C18H16/c1-18(2)7-6-8-19(3)9-12-22-16-25-21(5)11-14-24-23-13-10-20(4)15-26(23)27(17-22)28(24)25;1-5-7-8-19(6-2)14-20-15-23-18(4)10-12-22-21-11-9-17(3)13-24(21)25(16-20)26(22)23;1-4-5-6-7-8-9-10-20-16-23-19(3)12-14-22-21-13-11-18(2)15-24(21)25(17-20)26(22)23;1-4-14-10-17-13(3)6-8-16-15-7-5-12(2)9-18(15)19(11-14)20(16)17;1-11-4-6-14-15-7-5-13(3)16-9-12(2)10-18(19(15)16)17(14)8-11;1-11-6-8-14-16-9-7-12(2)13-4-3-5-15(18(13)16)17(14)10-11/h10-11,13-15,17-19,22H,6-9,12,16H2,1-5H3;9-13,16,19-20H,5-8,14-15H2,1-4H3;11-15,17,20H,4-10,16H2,1-3H3;5-9,11,14H,4,10H2,1-3H3;4-8,10,12H,9H2,1-3H3;3-4,6-10,15H,5H2,1-2H3. The van der Waals surface area contributed by atoms with Crippen LogP contribution < -0.4 is 0 Å². The lowest BCUT2D eigenvalue weighted by Gasteiger charge is -2.27. The maximum Gasteiger partial charge on any atom is 0.0142 e. The summed E-state index contributed by atoms with van der Waals surface area (Å²) in [6, 6.07) is 69.5. The molecule has 12 aromatic rings. The van der Waals surface area contributed by atoms with E-state index >= 15 is 0 Å². The first-order chi connectivity index (χ1) is 66.3. The zero-order chi connectivity index (χ0) is 95.5. The summed E-state index contributed by atoms with van der Waals surface area (Å²) in [5, 5.41) is 0. The van der Waals surface area contributed by atoms with Crippen molar-refractivity contribution in [1.82, 2.24) is 0 Å². The lowest BCUT2D eigenvalue weighted by Crippen LogP contribution is -2.15. The van der Waals surface area contributed by atoms with Gasteiger partial charge in [0.1, 0.15) is 0 Å². The highest BCUT2D eigenvalue weighted by atomic mass is 14.4. The van der Waals surface area contributed by atoms with Gasteiger partial charge in [-0.2, -0.15) is 0 Å². The molecule has 0 N–H and O–H groups in total. The predicted octanol–water partition coefficient (Wildman–Crippen LogP) is 38.3. The smallest absolute Gasteiger partial charge is 0.0142 e. The topological polar surface area (TPSA) is 0 Å². The summed E-state index contributed by atoms with van der Waals surface area (Å²) in [5.41, 5.74) is 69.3. The highest BCUT2D eigenvalue weighted by Crippen LogP contribution is 2.58. The van der Waals surface area contributed by atoms with Crippen LogP contribution in [0, 0.1) is 130 Å². The van der Waals surface area contributed by atoms with Crippen LogP contribution in [-0.4, -0.2) is 0 Å². The van der Waals surface area contributed by atoms with Crippen LogP contribution in [0.4, 0.5) is 0 Å². The second-order valence-electron chi connectivity index (χ2n) is 44.8. The molecule has 0 heterocycles. The SMILES string of the molecule is CCC1C=C2c3cc(C)ccc3-c3ccc(C)c(c32)C1.CCCCC(CC)CC1C=C2c3cc(C)ccc3-c3ccc(C)c(c32)C1.CCCCCCCCC1C=C2c3cc(C)ccc3-c3ccc(C)c(c32)C1.Cc1ccc2c(c1)C1=CC(C)Cc3c(C)ccc-2c31.Cc1ccc2c(c1)C1=CC(CCC(C)CCCC(C)C)Cc3c(C)ccc-2c31.Cc1ccc2c(c1)C1CC=Cc3c(C)ccc-2c31. The van der Waals surface area contributed by atoms with Crippen LogP contribution in [0.25, 0.3) is 101 Å². The molecule has 0 heteroatoms. The van der Waals surface area contributed by atoms with E-state index in [1.807, 2.05) is 0 Å². The normalized spacial score (nSPS) is 18.2.